The minimum atomic E-state index is -0.295. The zero-order valence-electron chi connectivity index (χ0n) is 11.0. The predicted octanol–water partition coefficient (Wildman–Crippen LogP) is 2.87. The van der Waals surface area contributed by atoms with Crippen LogP contribution < -0.4 is 11.1 Å². The van der Waals surface area contributed by atoms with E-state index in [1.807, 2.05) is 13.0 Å². The van der Waals surface area contributed by atoms with Gasteiger partial charge in [-0.3, -0.25) is 4.79 Å². The first-order valence-corrected chi connectivity index (χ1v) is 6.47. The highest BCUT2D eigenvalue weighted by Gasteiger charge is 2.11. The van der Waals surface area contributed by atoms with Crippen LogP contribution in [0.15, 0.2) is 36.4 Å². The van der Waals surface area contributed by atoms with Crippen LogP contribution in [0.2, 0.25) is 5.02 Å². The van der Waals surface area contributed by atoms with Crippen molar-refractivity contribution in [3.63, 3.8) is 0 Å². The summed E-state index contributed by atoms with van der Waals surface area (Å²) in [6, 6.07) is 9.93. The number of hydrogen-bond acceptors (Lipinski definition) is 3. The van der Waals surface area contributed by atoms with Gasteiger partial charge in [-0.25, -0.2) is 0 Å². The summed E-state index contributed by atoms with van der Waals surface area (Å²) in [5.74, 6) is -0.202. The molecule has 2 aromatic rings. The highest BCUT2D eigenvalue weighted by molar-refractivity contribution is 6.33. The van der Waals surface area contributed by atoms with E-state index >= 15 is 0 Å². The average molecular weight is 291 g/mol. The highest BCUT2D eigenvalue weighted by atomic mass is 35.5. The molecule has 5 heteroatoms. The first kappa shape index (κ1) is 14.2. The number of amides is 1. The van der Waals surface area contributed by atoms with E-state index in [9.17, 15) is 9.90 Å². The Labute approximate surface area is 122 Å². The Morgan fingerprint density at radius 3 is 2.75 bits per heavy atom. The van der Waals surface area contributed by atoms with Gasteiger partial charge in [-0.1, -0.05) is 17.7 Å². The number of nitrogens with two attached hydrogens (primary N) is 1. The second kappa shape index (κ2) is 5.84. The van der Waals surface area contributed by atoms with Gasteiger partial charge in [0.1, 0.15) is 5.75 Å². The summed E-state index contributed by atoms with van der Waals surface area (Å²) in [5.41, 5.74) is 8.12. The van der Waals surface area contributed by atoms with Crippen molar-refractivity contribution in [1.82, 2.24) is 5.32 Å². The van der Waals surface area contributed by atoms with E-state index in [1.165, 1.54) is 6.07 Å². The molecule has 0 saturated heterocycles. The van der Waals surface area contributed by atoms with Gasteiger partial charge in [-0.15, -0.1) is 0 Å². The molecule has 0 heterocycles. The smallest absolute Gasteiger partial charge is 0.253 e. The van der Waals surface area contributed by atoms with Crippen LogP contribution in [0.4, 0.5) is 5.69 Å². The molecule has 2 rings (SSSR count). The lowest BCUT2D eigenvalue weighted by Gasteiger charge is -2.09. The lowest BCUT2D eigenvalue weighted by molar-refractivity contribution is 0.0951. The van der Waals surface area contributed by atoms with Crippen molar-refractivity contribution in [3.05, 3.63) is 58.1 Å². The Balaban J connectivity index is 2.10. The van der Waals surface area contributed by atoms with Gasteiger partial charge in [0.2, 0.25) is 0 Å². The second-order valence-corrected chi connectivity index (χ2v) is 4.96. The van der Waals surface area contributed by atoms with Crippen molar-refractivity contribution in [2.24, 2.45) is 0 Å². The number of phenolic OH excluding ortho intramolecular Hbond substituents is 1. The molecule has 0 radical (unpaired) electrons. The second-order valence-electron chi connectivity index (χ2n) is 4.55. The highest BCUT2D eigenvalue weighted by Crippen LogP contribution is 2.20. The van der Waals surface area contributed by atoms with E-state index in [2.05, 4.69) is 5.32 Å². The van der Waals surface area contributed by atoms with Gasteiger partial charge in [0.15, 0.2) is 0 Å². The number of nitrogen functional groups attached to an aromatic ring is 1. The molecule has 4 N–H and O–H groups in total. The maximum Gasteiger partial charge on any atom is 0.253 e. The van der Waals surface area contributed by atoms with Crippen LogP contribution >= 0.6 is 11.6 Å². The molecule has 0 aliphatic rings. The fourth-order valence-electron chi connectivity index (χ4n) is 1.82. The van der Waals surface area contributed by atoms with Gasteiger partial charge < -0.3 is 16.2 Å². The number of aryl methyl sites for hydroxylation is 1. The largest absolute Gasteiger partial charge is 0.508 e. The van der Waals surface area contributed by atoms with Crippen LogP contribution in [0.1, 0.15) is 21.5 Å². The minimum Gasteiger partial charge on any atom is -0.508 e. The molecule has 0 aliphatic heterocycles. The Morgan fingerprint density at radius 2 is 2.05 bits per heavy atom. The maximum atomic E-state index is 12.0. The Morgan fingerprint density at radius 1 is 1.30 bits per heavy atom. The molecule has 0 spiro atoms. The number of anilines is 1. The molecule has 104 valence electrons. The van der Waals surface area contributed by atoms with Gasteiger partial charge in [-0.05, 0) is 42.8 Å². The Bertz CT molecular complexity index is 656. The number of benzene rings is 2. The first-order chi connectivity index (χ1) is 9.47. The molecule has 0 aromatic heterocycles. The topological polar surface area (TPSA) is 75.4 Å². The number of aromatic hydroxyl groups is 1. The van der Waals surface area contributed by atoms with Crippen LogP contribution in [-0.4, -0.2) is 11.0 Å². The normalized spacial score (nSPS) is 10.3. The van der Waals surface area contributed by atoms with Crippen molar-refractivity contribution in [1.29, 1.82) is 0 Å². The third kappa shape index (κ3) is 3.22. The number of rotatable bonds is 3. The number of halogens is 1. The maximum absolute atomic E-state index is 12.0. The molecule has 0 unspecified atom stereocenters. The van der Waals surface area contributed by atoms with Crippen molar-refractivity contribution in [3.8, 4) is 5.75 Å². The van der Waals surface area contributed by atoms with Crippen LogP contribution in [0.25, 0.3) is 0 Å². The fraction of sp³-hybridized carbons (Fsp3) is 0.133. The van der Waals surface area contributed by atoms with Gasteiger partial charge in [0, 0.05) is 17.8 Å². The lowest BCUT2D eigenvalue weighted by Crippen LogP contribution is -2.23. The number of carbonyl (C=O) groups excluding carboxylic acids is 1. The molecular weight excluding hydrogens is 276 g/mol. The summed E-state index contributed by atoms with van der Waals surface area (Å²) in [5, 5.41) is 12.8. The van der Waals surface area contributed by atoms with Crippen LogP contribution in [0.3, 0.4) is 0 Å². The molecular formula is C15H15ClN2O2. The number of nitrogens with one attached hydrogen (secondary N) is 1. The molecule has 0 aliphatic carbocycles. The molecule has 0 saturated carbocycles. The summed E-state index contributed by atoms with van der Waals surface area (Å²) in [6.07, 6.45) is 0. The summed E-state index contributed by atoms with van der Waals surface area (Å²) < 4.78 is 0. The third-order valence-corrected chi connectivity index (χ3v) is 3.22. The first-order valence-electron chi connectivity index (χ1n) is 6.09. The molecule has 4 nitrogen and oxygen atoms in total. The molecule has 0 atom stereocenters. The van der Waals surface area contributed by atoms with E-state index in [1.54, 1.807) is 24.3 Å². The number of carbonyl (C=O) groups is 1. The average Bonchev–Trinajstić information content (AvgIpc) is 2.39. The van der Waals surface area contributed by atoms with Crippen LogP contribution in [0, 0.1) is 6.92 Å². The van der Waals surface area contributed by atoms with Gasteiger partial charge >= 0.3 is 0 Å². The summed E-state index contributed by atoms with van der Waals surface area (Å²) >= 11 is 6.03. The summed E-state index contributed by atoms with van der Waals surface area (Å²) in [7, 11) is 0. The monoisotopic (exact) mass is 290 g/mol. The molecule has 2 aromatic carbocycles. The molecule has 0 fully saturated rings. The molecule has 20 heavy (non-hydrogen) atoms. The van der Waals surface area contributed by atoms with Gasteiger partial charge in [0.25, 0.3) is 5.91 Å². The van der Waals surface area contributed by atoms with Gasteiger partial charge in [-0.2, -0.15) is 0 Å². The summed E-state index contributed by atoms with van der Waals surface area (Å²) in [6.45, 7) is 2.08. The van der Waals surface area contributed by atoms with Gasteiger partial charge in [0.05, 0.1) is 10.6 Å². The van der Waals surface area contributed by atoms with E-state index in [0.717, 1.165) is 5.56 Å². The van der Waals surface area contributed by atoms with Crippen molar-refractivity contribution in [2.75, 3.05) is 5.73 Å². The third-order valence-electron chi connectivity index (χ3n) is 2.91. The van der Waals surface area contributed by atoms with E-state index in [-0.39, 0.29) is 18.2 Å². The number of phenols is 1. The standard InChI is InChI=1S/C15H15ClN2O2/c1-9-2-4-12(13(16)6-9)15(20)18-8-10-7-11(17)3-5-14(10)19/h2-7,19H,8,17H2,1H3,(H,18,20). The molecule has 1 amide bonds. The van der Waals surface area contributed by atoms with E-state index in [0.29, 0.717) is 21.8 Å². The van der Waals surface area contributed by atoms with Crippen molar-refractivity contribution < 1.29 is 9.90 Å². The van der Waals surface area contributed by atoms with E-state index < -0.39 is 0 Å². The lowest BCUT2D eigenvalue weighted by atomic mass is 10.1. The quantitative estimate of drug-likeness (QED) is 0.601. The van der Waals surface area contributed by atoms with Crippen LogP contribution in [0.5, 0.6) is 5.75 Å². The number of hydrogen-bond donors (Lipinski definition) is 3. The van der Waals surface area contributed by atoms with Crippen LogP contribution in [-0.2, 0) is 6.54 Å². The van der Waals surface area contributed by atoms with Crippen molar-refractivity contribution >= 4 is 23.2 Å². The molecule has 0 bridgehead atoms. The minimum absolute atomic E-state index is 0.0921. The summed E-state index contributed by atoms with van der Waals surface area (Å²) in [4.78, 5) is 12.0. The Hall–Kier alpha value is -2.20. The van der Waals surface area contributed by atoms with Crippen molar-refractivity contribution in [2.45, 2.75) is 13.5 Å². The predicted molar refractivity (Wildman–Crippen MR) is 79.9 cm³/mol. The van der Waals surface area contributed by atoms with E-state index in [4.69, 9.17) is 17.3 Å². The fourth-order valence-corrected chi connectivity index (χ4v) is 2.14. The SMILES string of the molecule is Cc1ccc(C(=O)NCc2cc(N)ccc2O)c(Cl)c1. The zero-order valence-corrected chi connectivity index (χ0v) is 11.7. The Kier molecular flexibility index (Phi) is 4.15. The zero-order chi connectivity index (χ0) is 14.7.